The number of ketones is 1. The molecule has 9 heteroatoms. The van der Waals surface area contributed by atoms with Gasteiger partial charge in [0.2, 0.25) is 0 Å². The van der Waals surface area contributed by atoms with Crippen LogP contribution < -0.4 is 15.4 Å². The van der Waals surface area contributed by atoms with Crippen LogP contribution in [0.15, 0.2) is 138 Å². The minimum absolute atomic E-state index is 0.0552. The number of hydrogen-bond acceptors (Lipinski definition) is 5. The maximum atomic E-state index is 13.5. The van der Waals surface area contributed by atoms with Crippen LogP contribution in [-0.2, 0) is 11.4 Å². The van der Waals surface area contributed by atoms with E-state index in [2.05, 4.69) is 10.6 Å². The number of rotatable bonds is 12. The number of amides is 2. The molecule has 2 N–H and O–H groups in total. The van der Waals surface area contributed by atoms with Gasteiger partial charge in [0, 0.05) is 21.7 Å². The van der Waals surface area contributed by atoms with E-state index in [1.165, 1.54) is 11.8 Å². The summed E-state index contributed by atoms with van der Waals surface area (Å²) in [6.07, 6.45) is 1.60. The summed E-state index contributed by atoms with van der Waals surface area (Å²) in [5.74, 6) is -0.202. The Bertz CT molecular complexity index is 1860. The summed E-state index contributed by atoms with van der Waals surface area (Å²) in [5, 5.41) is 6.32. The molecule has 0 aromatic heterocycles. The molecule has 5 rings (SSSR count). The van der Waals surface area contributed by atoms with Crippen LogP contribution in [0.4, 0.5) is 5.69 Å². The number of Topliss-reactive ketones (excluding diaryl/α,β-unsaturated/α-hetero) is 1. The molecule has 0 heterocycles. The Kier molecular flexibility index (Phi) is 11.3. The number of thioether (sulfide) groups is 1. The van der Waals surface area contributed by atoms with E-state index in [4.69, 9.17) is 27.9 Å². The van der Waals surface area contributed by atoms with Gasteiger partial charge < -0.3 is 15.4 Å². The largest absolute Gasteiger partial charge is 0.489 e. The molecule has 0 unspecified atom stereocenters. The van der Waals surface area contributed by atoms with Gasteiger partial charge in [0.05, 0.1) is 15.8 Å². The molecular formula is C37H28Cl2N2O4S. The summed E-state index contributed by atoms with van der Waals surface area (Å²) < 4.78 is 5.88. The van der Waals surface area contributed by atoms with Gasteiger partial charge in [0.15, 0.2) is 5.78 Å². The van der Waals surface area contributed by atoms with Crippen molar-refractivity contribution in [1.82, 2.24) is 5.32 Å². The summed E-state index contributed by atoms with van der Waals surface area (Å²) in [4.78, 5) is 40.0. The molecule has 230 valence electrons. The van der Waals surface area contributed by atoms with Crippen LogP contribution in [0, 0.1) is 0 Å². The molecule has 0 fully saturated rings. The van der Waals surface area contributed by atoms with Crippen molar-refractivity contribution in [1.29, 1.82) is 0 Å². The fraction of sp³-hybridized carbons (Fsp3) is 0.0541. The van der Waals surface area contributed by atoms with Gasteiger partial charge in [-0.05, 0) is 77.9 Å². The van der Waals surface area contributed by atoms with Crippen molar-refractivity contribution >= 4 is 64.3 Å². The molecule has 0 aliphatic carbocycles. The van der Waals surface area contributed by atoms with E-state index in [0.717, 1.165) is 10.5 Å². The highest BCUT2D eigenvalue weighted by Crippen LogP contribution is 2.26. The Morgan fingerprint density at radius 1 is 0.717 bits per heavy atom. The molecule has 0 aliphatic heterocycles. The zero-order chi connectivity index (χ0) is 32.3. The lowest BCUT2D eigenvalue weighted by Crippen LogP contribution is -2.30. The van der Waals surface area contributed by atoms with Gasteiger partial charge in [-0.2, -0.15) is 0 Å². The van der Waals surface area contributed by atoms with Crippen LogP contribution >= 0.6 is 35.0 Å². The predicted molar refractivity (Wildman–Crippen MR) is 186 cm³/mol. The lowest BCUT2D eigenvalue weighted by atomic mass is 10.1. The highest BCUT2D eigenvalue weighted by Gasteiger charge is 2.16. The molecule has 0 aliphatic rings. The van der Waals surface area contributed by atoms with Crippen molar-refractivity contribution < 1.29 is 19.1 Å². The van der Waals surface area contributed by atoms with Gasteiger partial charge in [-0.25, -0.2) is 0 Å². The molecule has 2 amide bonds. The van der Waals surface area contributed by atoms with Crippen molar-refractivity contribution in [3.8, 4) is 5.75 Å². The number of hydrogen-bond donors (Lipinski definition) is 2. The second-order valence-electron chi connectivity index (χ2n) is 10.0. The quantitative estimate of drug-likeness (QED) is 0.0789. The second kappa shape index (κ2) is 16.0. The fourth-order valence-electron chi connectivity index (χ4n) is 4.27. The third-order valence-electron chi connectivity index (χ3n) is 6.67. The van der Waals surface area contributed by atoms with Gasteiger partial charge in [-0.1, -0.05) is 89.9 Å². The second-order valence-corrected chi connectivity index (χ2v) is 11.9. The Morgan fingerprint density at radius 3 is 2.15 bits per heavy atom. The Balaban J connectivity index is 1.29. The topological polar surface area (TPSA) is 84.5 Å². The van der Waals surface area contributed by atoms with Crippen LogP contribution in [0.25, 0.3) is 6.08 Å². The summed E-state index contributed by atoms with van der Waals surface area (Å²) >= 11 is 13.4. The highest BCUT2D eigenvalue weighted by atomic mass is 35.5. The van der Waals surface area contributed by atoms with E-state index < -0.39 is 11.8 Å². The highest BCUT2D eigenvalue weighted by molar-refractivity contribution is 8.00. The number of halogens is 2. The molecule has 0 saturated carbocycles. The molecule has 0 spiro atoms. The third kappa shape index (κ3) is 9.34. The Hall–Kier alpha value is -4.82. The smallest absolute Gasteiger partial charge is 0.272 e. The van der Waals surface area contributed by atoms with Crippen LogP contribution in [-0.4, -0.2) is 23.4 Å². The molecule has 0 radical (unpaired) electrons. The molecule has 5 aromatic rings. The monoisotopic (exact) mass is 666 g/mol. The van der Waals surface area contributed by atoms with Gasteiger partial charge in [-0.3, -0.25) is 14.4 Å². The summed E-state index contributed by atoms with van der Waals surface area (Å²) in [7, 11) is 0. The van der Waals surface area contributed by atoms with E-state index in [-0.39, 0.29) is 17.2 Å². The molecule has 46 heavy (non-hydrogen) atoms. The van der Waals surface area contributed by atoms with Crippen molar-refractivity contribution in [2.75, 3.05) is 11.1 Å². The van der Waals surface area contributed by atoms with Gasteiger partial charge in [-0.15, -0.1) is 11.8 Å². The lowest BCUT2D eigenvalue weighted by Gasteiger charge is -2.12. The zero-order valence-electron chi connectivity index (χ0n) is 24.4. The number of benzene rings is 5. The number of nitrogens with one attached hydrogen (secondary N) is 2. The van der Waals surface area contributed by atoms with Crippen LogP contribution in [0.3, 0.4) is 0 Å². The average molecular weight is 668 g/mol. The Morgan fingerprint density at radius 2 is 1.43 bits per heavy atom. The van der Waals surface area contributed by atoms with Crippen molar-refractivity contribution in [3.05, 3.63) is 165 Å². The van der Waals surface area contributed by atoms with E-state index in [0.29, 0.717) is 44.8 Å². The number of carbonyl (C=O) groups excluding carboxylic acids is 3. The minimum Gasteiger partial charge on any atom is -0.489 e. The first kappa shape index (κ1) is 32.6. The summed E-state index contributed by atoms with van der Waals surface area (Å²) in [6, 6.07) is 37.6. The number of anilines is 1. The standard InChI is InChI=1S/C37H28Cl2N2O4S/c38-32-19-16-28(21-33(32)39)35(42)24-46-31-13-7-12-29(22-31)40-37(44)34(41-36(43)27-10-5-2-6-11-27)20-25-14-17-30(18-15-25)45-23-26-8-3-1-4-9-26/h1-22H,23-24H2,(H,40,44)(H,41,43)/b34-20-. The first-order valence-electron chi connectivity index (χ1n) is 14.2. The Labute approximate surface area is 281 Å². The van der Waals surface area contributed by atoms with Crippen LogP contribution in [0.1, 0.15) is 31.8 Å². The van der Waals surface area contributed by atoms with Crippen LogP contribution in [0.2, 0.25) is 10.0 Å². The van der Waals surface area contributed by atoms with Gasteiger partial charge >= 0.3 is 0 Å². The fourth-order valence-corrected chi connectivity index (χ4v) is 5.42. The first-order valence-corrected chi connectivity index (χ1v) is 16.0. The number of carbonyl (C=O) groups is 3. The summed E-state index contributed by atoms with van der Waals surface area (Å²) in [6.45, 7) is 0.428. The third-order valence-corrected chi connectivity index (χ3v) is 8.40. The molecular weight excluding hydrogens is 639 g/mol. The SMILES string of the molecule is O=C(Nc1cccc(SCC(=O)c2ccc(Cl)c(Cl)c2)c1)/C(=C/c1ccc(OCc2ccccc2)cc1)NC(=O)c1ccccc1. The zero-order valence-corrected chi connectivity index (χ0v) is 26.7. The molecule has 6 nitrogen and oxygen atoms in total. The van der Waals surface area contributed by atoms with E-state index in [9.17, 15) is 14.4 Å². The van der Waals surface area contributed by atoms with Gasteiger partial charge in [0.1, 0.15) is 18.1 Å². The first-order chi connectivity index (χ1) is 22.3. The number of ether oxygens (including phenoxy) is 1. The average Bonchev–Trinajstić information content (AvgIpc) is 3.08. The van der Waals surface area contributed by atoms with E-state index in [1.54, 1.807) is 66.7 Å². The normalized spacial score (nSPS) is 11.0. The summed E-state index contributed by atoms with van der Waals surface area (Å²) in [5.41, 5.74) is 3.17. The van der Waals surface area contributed by atoms with Crippen molar-refractivity contribution in [2.24, 2.45) is 0 Å². The lowest BCUT2D eigenvalue weighted by molar-refractivity contribution is -0.113. The maximum absolute atomic E-state index is 13.5. The molecule has 0 atom stereocenters. The molecule has 0 bridgehead atoms. The van der Waals surface area contributed by atoms with Crippen LogP contribution in [0.5, 0.6) is 5.75 Å². The molecule has 5 aromatic carbocycles. The molecule has 0 saturated heterocycles. The van der Waals surface area contributed by atoms with E-state index in [1.807, 2.05) is 66.7 Å². The van der Waals surface area contributed by atoms with Crippen molar-refractivity contribution in [3.63, 3.8) is 0 Å². The van der Waals surface area contributed by atoms with Crippen molar-refractivity contribution in [2.45, 2.75) is 11.5 Å². The predicted octanol–water partition coefficient (Wildman–Crippen LogP) is 8.96. The minimum atomic E-state index is -0.511. The van der Waals surface area contributed by atoms with Gasteiger partial charge in [0.25, 0.3) is 11.8 Å². The van der Waals surface area contributed by atoms with E-state index >= 15 is 0 Å². The maximum Gasteiger partial charge on any atom is 0.272 e.